The van der Waals surface area contributed by atoms with Gasteiger partial charge in [0, 0.05) is 23.8 Å². The zero-order valence-electron chi connectivity index (χ0n) is 20.2. The lowest BCUT2D eigenvalue weighted by atomic mass is 9.60. The molecule has 1 saturated heterocycles. The number of benzene rings is 1. The van der Waals surface area contributed by atoms with Crippen molar-refractivity contribution in [3.05, 3.63) is 41.4 Å². The number of nitriles is 1. The molecule has 37 heavy (non-hydrogen) atoms. The number of hydrogen-bond acceptors (Lipinski definition) is 7. The third-order valence-corrected chi connectivity index (χ3v) is 8.09. The predicted octanol–water partition coefficient (Wildman–Crippen LogP) is 3.91. The molecule has 1 amide bonds. The monoisotopic (exact) mass is 507 g/mol. The number of ether oxygens (including phenoxy) is 1. The fourth-order valence-corrected chi connectivity index (χ4v) is 6.14. The highest BCUT2D eigenvalue weighted by atomic mass is 19.1. The Morgan fingerprint density at radius 3 is 2.49 bits per heavy atom. The van der Waals surface area contributed by atoms with E-state index < -0.39 is 17.3 Å². The van der Waals surface area contributed by atoms with Crippen LogP contribution in [0.1, 0.15) is 56.0 Å². The first-order chi connectivity index (χ1) is 17.8. The Balaban J connectivity index is 1.34. The fraction of sp³-hybridized carbons (Fsp3) is 0.500. The number of rotatable bonds is 6. The van der Waals surface area contributed by atoms with Crippen LogP contribution in [-0.2, 0) is 16.0 Å². The minimum absolute atomic E-state index is 0.0885. The van der Waals surface area contributed by atoms with Crippen LogP contribution in [0.15, 0.2) is 18.3 Å². The molecule has 3 aliphatic rings. The van der Waals surface area contributed by atoms with Gasteiger partial charge in [0.15, 0.2) is 17.3 Å². The van der Waals surface area contributed by atoms with Gasteiger partial charge in [0.05, 0.1) is 31.0 Å². The first kappa shape index (κ1) is 23.7. The zero-order valence-corrected chi connectivity index (χ0v) is 20.2. The lowest BCUT2D eigenvalue weighted by molar-refractivity contribution is -0.178. The highest BCUT2D eigenvalue weighted by molar-refractivity contribution is 5.77. The van der Waals surface area contributed by atoms with Crippen molar-refractivity contribution in [1.29, 1.82) is 5.26 Å². The molecule has 192 valence electrons. The van der Waals surface area contributed by atoms with E-state index in [1.807, 2.05) is 4.57 Å². The Hall–Kier alpha value is -3.65. The van der Waals surface area contributed by atoms with Crippen LogP contribution in [0.5, 0.6) is 0 Å². The van der Waals surface area contributed by atoms with Gasteiger partial charge in [0.25, 0.3) is 0 Å². The lowest BCUT2D eigenvalue weighted by Gasteiger charge is -2.53. The van der Waals surface area contributed by atoms with Crippen molar-refractivity contribution >= 4 is 28.7 Å². The van der Waals surface area contributed by atoms with E-state index >= 15 is 0 Å². The third kappa shape index (κ3) is 4.29. The first-order valence-electron chi connectivity index (χ1n) is 12.6. The maximum absolute atomic E-state index is 14.7. The summed E-state index contributed by atoms with van der Waals surface area (Å²) in [5.74, 6) is -0.835. The Bertz CT molecular complexity index is 1390. The number of nitrogens with one attached hydrogen (secondary N) is 1. The number of anilines is 2. The van der Waals surface area contributed by atoms with Crippen LogP contribution in [0.2, 0.25) is 0 Å². The molecule has 0 atom stereocenters. The Morgan fingerprint density at radius 2 is 1.89 bits per heavy atom. The second-order valence-electron chi connectivity index (χ2n) is 10.7. The van der Waals surface area contributed by atoms with Gasteiger partial charge in [0.1, 0.15) is 17.0 Å². The standard InChI is InChI=1S/C26H27F2N7O2/c27-18-5-14(10-29)6-19(28)22(18)34-25-32-20-11-31-21(7-15-8-26(9-15)12-37-13-26)33-24(20)35(25)17-3-1-16(2-4-17)23(30)36/h5-6,11,15-17H,1-4,7-9,12-13H2,(H2,30,36)(H,32,34). The van der Waals surface area contributed by atoms with Crippen molar-refractivity contribution in [1.82, 2.24) is 19.5 Å². The smallest absolute Gasteiger partial charge is 0.220 e. The maximum atomic E-state index is 14.7. The number of aromatic nitrogens is 4. The van der Waals surface area contributed by atoms with Crippen LogP contribution in [0.25, 0.3) is 11.2 Å². The normalized spacial score (nSPS) is 22.8. The van der Waals surface area contributed by atoms with E-state index in [4.69, 9.17) is 20.7 Å². The molecular weight excluding hydrogens is 480 g/mol. The minimum atomic E-state index is -0.891. The van der Waals surface area contributed by atoms with E-state index in [9.17, 15) is 13.6 Å². The largest absolute Gasteiger partial charge is 0.380 e. The summed E-state index contributed by atoms with van der Waals surface area (Å²) >= 11 is 0. The van der Waals surface area contributed by atoms with Crippen LogP contribution in [0.3, 0.4) is 0 Å². The number of carbonyl (C=O) groups is 1. The van der Waals surface area contributed by atoms with Crippen molar-refractivity contribution in [2.45, 2.75) is 51.0 Å². The van der Waals surface area contributed by atoms with Crippen LogP contribution < -0.4 is 11.1 Å². The number of imidazole rings is 1. The Morgan fingerprint density at radius 1 is 1.19 bits per heavy atom. The molecule has 1 aliphatic heterocycles. The van der Waals surface area contributed by atoms with Crippen LogP contribution in [-0.4, -0.2) is 38.6 Å². The highest BCUT2D eigenvalue weighted by Crippen LogP contribution is 2.51. The summed E-state index contributed by atoms with van der Waals surface area (Å²) in [6, 6.07) is 3.62. The van der Waals surface area contributed by atoms with Crippen molar-refractivity contribution in [3.8, 4) is 6.07 Å². The van der Waals surface area contributed by atoms with Gasteiger partial charge in [-0.05, 0) is 56.6 Å². The summed E-state index contributed by atoms with van der Waals surface area (Å²) in [7, 11) is 0. The van der Waals surface area contributed by atoms with Gasteiger partial charge in [-0.3, -0.25) is 9.36 Å². The quantitative estimate of drug-likeness (QED) is 0.517. The fourth-order valence-electron chi connectivity index (χ4n) is 6.14. The SMILES string of the molecule is N#Cc1cc(F)c(Nc2nc3cnc(CC4CC5(COC5)C4)nc3n2C2CCC(C(N)=O)CC2)c(F)c1. The molecule has 0 unspecified atom stereocenters. The van der Waals surface area contributed by atoms with Crippen LogP contribution in [0, 0.1) is 40.2 Å². The molecule has 3 fully saturated rings. The number of fused-ring (bicyclic) bond motifs is 1. The average molecular weight is 508 g/mol. The molecule has 0 bridgehead atoms. The number of nitrogens with zero attached hydrogens (tertiary/aromatic N) is 5. The van der Waals surface area contributed by atoms with Gasteiger partial charge in [0.2, 0.25) is 11.9 Å². The lowest BCUT2D eigenvalue weighted by Crippen LogP contribution is -2.52. The maximum Gasteiger partial charge on any atom is 0.220 e. The molecule has 2 aliphatic carbocycles. The van der Waals surface area contributed by atoms with Gasteiger partial charge >= 0.3 is 0 Å². The summed E-state index contributed by atoms with van der Waals surface area (Å²) in [5, 5.41) is 11.8. The molecule has 9 nitrogen and oxygen atoms in total. The molecule has 3 aromatic rings. The summed E-state index contributed by atoms with van der Waals surface area (Å²) in [5.41, 5.74) is 6.47. The number of halogens is 2. The predicted molar refractivity (Wildman–Crippen MR) is 130 cm³/mol. The van der Waals surface area contributed by atoms with Crippen LogP contribution >= 0.6 is 0 Å². The number of amides is 1. The molecule has 1 spiro atoms. The molecule has 1 aromatic carbocycles. The summed E-state index contributed by atoms with van der Waals surface area (Å²) in [6.45, 7) is 1.67. The van der Waals surface area contributed by atoms with E-state index in [-0.39, 0.29) is 29.4 Å². The Labute approximate surface area is 212 Å². The number of carbonyl (C=O) groups excluding carboxylic acids is 1. The van der Waals surface area contributed by atoms with Crippen molar-refractivity contribution in [2.24, 2.45) is 23.0 Å². The number of nitrogens with two attached hydrogens (primary N) is 1. The highest BCUT2D eigenvalue weighted by Gasteiger charge is 2.49. The molecule has 2 saturated carbocycles. The van der Waals surface area contributed by atoms with Crippen LogP contribution in [0.4, 0.5) is 20.4 Å². The second kappa shape index (κ2) is 9.03. The van der Waals surface area contributed by atoms with Crippen molar-refractivity contribution in [3.63, 3.8) is 0 Å². The van der Waals surface area contributed by atoms with Gasteiger partial charge < -0.3 is 15.8 Å². The van der Waals surface area contributed by atoms with Gasteiger partial charge in [-0.1, -0.05) is 0 Å². The van der Waals surface area contributed by atoms with E-state index in [0.717, 1.165) is 44.6 Å². The van der Waals surface area contributed by atoms with Gasteiger partial charge in [-0.25, -0.2) is 23.7 Å². The summed E-state index contributed by atoms with van der Waals surface area (Å²) in [6.07, 6.45) is 7.14. The zero-order chi connectivity index (χ0) is 25.7. The second-order valence-corrected chi connectivity index (χ2v) is 10.7. The first-order valence-corrected chi connectivity index (χ1v) is 12.6. The molecule has 3 heterocycles. The van der Waals surface area contributed by atoms with E-state index in [2.05, 4.69) is 15.3 Å². The molecular formula is C26H27F2N7O2. The minimum Gasteiger partial charge on any atom is -0.380 e. The molecule has 11 heteroatoms. The van der Waals surface area contributed by atoms with Gasteiger partial charge in [-0.2, -0.15) is 5.26 Å². The van der Waals surface area contributed by atoms with E-state index in [0.29, 0.717) is 54.0 Å². The Kier molecular flexibility index (Phi) is 5.79. The number of hydrogen-bond donors (Lipinski definition) is 2. The molecule has 6 rings (SSSR count). The molecule has 2 aromatic heterocycles. The number of primary amides is 1. The average Bonchev–Trinajstić information content (AvgIpc) is 3.19. The van der Waals surface area contributed by atoms with E-state index in [1.54, 1.807) is 12.3 Å². The summed E-state index contributed by atoms with van der Waals surface area (Å²) < 4.78 is 36.7. The van der Waals surface area contributed by atoms with Crippen molar-refractivity contribution < 1.29 is 18.3 Å². The topological polar surface area (TPSA) is 132 Å². The molecule has 3 N–H and O–H groups in total. The molecule has 0 radical (unpaired) electrons. The third-order valence-electron chi connectivity index (χ3n) is 8.09. The van der Waals surface area contributed by atoms with E-state index in [1.165, 1.54) is 0 Å². The van der Waals surface area contributed by atoms with Crippen molar-refractivity contribution in [2.75, 3.05) is 18.5 Å². The summed E-state index contributed by atoms with van der Waals surface area (Å²) in [4.78, 5) is 25.7. The van der Waals surface area contributed by atoms with Gasteiger partial charge in [-0.15, -0.1) is 0 Å².